The van der Waals surface area contributed by atoms with Crippen molar-refractivity contribution >= 4 is 5.95 Å². The molecule has 0 aliphatic heterocycles. The van der Waals surface area contributed by atoms with Gasteiger partial charge in [-0.2, -0.15) is 0 Å². The number of aromatic nitrogens is 4. The Kier molecular flexibility index (Phi) is 5.03. The van der Waals surface area contributed by atoms with Gasteiger partial charge in [0.1, 0.15) is 0 Å². The highest BCUT2D eigenvalue weighted by atomic mass is 15.1. The van der Waals surface area contributed by atoms with E-state index >= 15 is 0 Å². The van der Waals surface area contributed by atoms with Crippen molar-refractivity contribution in [3.8, 4) is 11.3 Å². The molecule has 3 rings (SSSR count). The van der Waals surface area contributed by atoms with Crippen molar-refractivity contribution in [1.29, 1.82) is 0 Å². The van der Waals surface area contributed by atoms with Crippen molar-refractivity contribution in [3.63, 3.8) is 0 Å². The van der Waals surface area contributed by atoms with E-state index in [4.69, 9.17) is 0 Å². The topological polar surface area (TPSA) is 63.6 Å². The number of hydrogen-bond donors (Lipinski definition) is 1. The Morgan fingerprint density at radius 1 is 0.960 bits per heavy atom. The summed E-state index contributed by atoms with van der Waals surface area (Å²) in [7, 11) is 0. The third-order valence-electron chi connectivity index (χ3n) is 4.15. The summed E-state index contributed by atoms with van der Waals surface area (Å²) in [5.41, 5.74) is 6.19. The Labute approximate surface area is 148 Å². The number of anilines is 1. The lowest BCUT2D eigenvalue weighted by molar-refractivity contribution is 0.754. The molecule has 0 radical (unpaired) electrons. The summed E-state index contributed by atoms with van der Waals surface area (Å²) < 4.78 is 0. The molecule has 0 saturated carbocycles. The Morgan fingerprint density at radius 3 is 2.56 bits per heavy atom. The van der Waals surface area contributed by atoms with Gasteiger partial charge in [-0.1, -0.05) is 6.07 Å². The number of hydrogen-bond acceptors (Lipinski definition) is 5. The van der Waals surface area contributed by atoms with Crippen LogP contribution in [0.4, 0.5) is 5.95 Å². The molecule has 0 aromatic carbocycles. The molecule has 5 heteroatoms. The Hall–Kier alpha value is -2.82. The van der Waals surface area contributed by atoms with Gasteiger partial charge in [0.05, 0.1) is 5.69 Å². The number of rotatable bonds is 5. The molecule has 0 saturated heterocycles. The molecule has 0 spiro atoms. The molecule has 0 amide bonds. The molecular weight excluding hydrogens is 310 g/mol. The summed E-state index contributed by atoms with van der Waals surface area (Å²) in [4.78, 5) is 18.0. The van der Waals surface area contributed by atoms with Crippen molar-refractivity contribution in [1.82, 2.24) is 19.9 Å². The number of pyridine rings is 2. The van der Waals surface area contributed by atoms with Crippen LogP contribution in [0.3, 0.4) is 0 Å². The van der Waals surface area contributed by atoms with E-state index in [2.05, 4.69) is 51.2 Å². The molecule has 1 unspecified atom stereocenters. The SMILES string of the molecule is Cc1ccc(-c2ccnc(NC(C)Cc3ncccc3C)n2)c(C)n1. The molecule has 25 heavy (non-hydrogen) atoms. The zero-order valence-corrected chi connectivity index (χ0v) is 15.1. The molecule has 1 N–H and O–H groups in total. The highest BCUT2D eigenvalue weighted by Crippen LogP contribution is 2.21. The molecule has 0 fully saturated rings. The summed E-state index contributed by atoms with van der Waals surface area (Å²) in [5.74, 6) is 0.624. The first-order valence-electron chi connectivity index (χ1n) is 8.47. The van der Waals surface area contributed by atoms with E-state index in [1.54, 1.807) is 6.20 Å². The maximum atomic E-state index is 4.65. The lowest BCUT2D eigenvalue weighted by Gasteiger charge is -2.15. The lowest BCUT2D eigenvalue weighted by Crippen LogP contribution is -2.21. The maximum Gasteiger partial charge on any atom is 0.223 e. The first-order chi connectivity index (χ1) is 12.0. The second-order valence-corrected chi connectivity index (χ2v) is 6.37. The molecule has 0 aliphatic carbocycles. The highest BCUT2D eigenvalue weighted by Gasteiger charge is 2.10. The van der Waals surface area contributed by atoms with E-state index in [1.165, 1.54) is 5.56 Å². The van der Waals surface area contributed by atoms with E-state index in [9.17, 15) is 0 Å². The fraction of sp³-hybridized carbons (Fsp3) is 0.300. The molecule has 3 aromatic rings. The third-order valence-corrected chi connectivity index (χ3v) is 4.15. The van der Waals surface area contributed by atoms with Crippen molar-refractivity contribution in [2.75, 3.05) is 5.32 Å². The average molecular weight is 333 g/mol. The van der Waals surface area contributed by atoms with Crippen LogP contribution in [-0.4, -0.2) is 26.0 Å². The standard InChI is InChI=1S/C20H23N5/c1-13-6-5-10-21-19(13)12-15(3)24-20-22-11-9-18(25-20)17-8-7-14(2)23-16(17)4/h5-11,15H,12H2,1-4H3,(H,22,24,25). The van der Waals surface area contributed by atoms with Crippen LogP contribution in [-0.2, 0) is 6.42 Å². The maximum absolute atomic E-state index is 4.65. The average Bonchev–Trinajstić information content (AvgIpc) is 2.57. The number of nitrogens with one attached hydrogen (secondary N) is 1. The molecule has 3 aromatic heterocycles. The van der Waals surface area contributed by atoms with E-state index in [1.807, 2.05) is 38.2 Å². The van der Waals surface area contributed by atoms with Crippen molar-refractivity contribution in [2.24, 2.45) is 0 Å². The van der Waals surface area contributed by atoms with Gasteiger partial charge in [-0.25, -0.2) is 9.97 Å². The molecule has 3 heterocycles. The monoisotopic (exact) mass is 333 g/mol. The van der Waals surface area contributed by atoms with Gasteiger partial charge >= 0.3 is 0 Å². The van der Waals surface area contributed by atoms with Gasteiger partial charge in [0.15, 0.2) is 0 Å². The predicted octanol–water partition coefficient (Wildman–Crippen LogP) is 3.90. The third kappa shape index (κ3) is 4.18. The zero-order valence-electron chi connectivity index (χ0n) is 15.1. The van der Waals surface area contributed by atoms with Gasteiger partial charge in [-0.05, 0) is 57.5 Å². The molecule has 0 aliphatic rings. The van der Waals surface area contributed by atoms with Crippen LogP contribution < -0.4 is 5.32 Å². The lowest BCUT2D eigenvalue weighted by atomic mass is 10.1. The highest BCUT2D eigenvalue weighted by molar-refractivity contribution is 5.62. The fourth-order valence-electron chi connectivity index (χ4n) is 2.83. The van der Waals surface area contributed by atoms with Gasteiger partial charge in [-0.3, -0.25) is 9.97 Å². The van der Waals surface area contributed by atoms with E-state index in [-0.39, 0.29) is 6.04 Å². The van der Waals surface area contributed by atoms with E-state index in [0.29, 0.717) is 5.95 Å². The predicted molar refractivity (Wildman–Crippen MR) is 100 cm³/mol. The Bertz CT molecular complexity index is 875. The van der Waals surface area contributed by atoms with E-state index < -0.39 is 0 Å². The van der Waals surface area contributed by atoms with Crippen LogP contribution in [0.2, 0.25) is 0 Å². The van der Waals surface area contributed by atoms with Crippen LogP contribution in [0.1, 0.15) is 29.6 Å². The van der Waals surface area contributed by atoms with Crippen LogP contribution >= 0.6 is 0 Å². The minimum Gasteiger partial charge on any atom is -0.351 e. The Balaban J connectivity index is 1.76. The quantitative estimate of drug-likeness (QED) is 0.767. The summed E-state index contributed by atoms with van der Waals surface area (Å²) in [6.07, 6.45) is 4.44. The molecule has 0 bridgehead atoms. The molecule has 1 atom stereocenters. The minimum absolute atomic E-state index is 0.182. The summed E-state index contributed by atoms with van der Waals surface area (Å²) in [6, 6.07) is 10.2. The summed E-state index contributed by atoms with van der Waals surface area (Å²) >= 11 is 0. The van der Waals surface area contributed by atoms with Gasteiger partial charge in [0, 0.05) is 47.5 Å². The smallest absolute Gasteiger partial charge is 0.223 e. The molecule has 5 nitrogen and oxygen atoms in total. The molecule has 128 valence electrons. The van der Waals surface area contributed by atoms with Gasteiger partial charge < -0.3 is 5.32 Å². The minimum atomic E-state index is 0.182. The fourth-order valence-corrected chi connectivity index (χ4v) is 2.83. The normalized spacial score (nSPS) is 12.0. The first-order valence-corrected chi connectivity index (χ1v) is 8.47. The van der Waals surface area contributed by atoms with Crippen molar-refractivity contribution in [3.05, 3.63) is 65.4 Å². The van der Waals surface area contributed by atoms with Crippen molar-refractivity contribution in [2.45, 2.75) is 40.2 Å². The number of nitrogens with zero attached hydrogens (tertiary/aromatic N) is 4. The van der Waals surface area contributed by atoms with Gasteiger partial charge in [0.25, 0.3) is 0 Å². The summed E-state index contributed by atoms with van der Waals surface area (Å²) in [5, 5.41) is 3.38. The van der Waals surface area contributed by atoms with Gasteiger partial charge in [0.2, 0.25) is 5.95 Å². The largest absolute Gasteiger partial charge is 0.351 e. The van der Waals surface area contributed by atoms with Crippen LogP contribution in [0.15, 0.2) is 42.7 Å². The van der Waals surface area contributed by atoms with Crippen molar-refractivity contribution < 1.29 is 0 Å². The second kappa shape index (κ2) is 7.38. The first kappa shape index (κ1) is 17.0. The molecular formula is C20H23N5. The van der Waals surface area contributed by atoms with Crippen LogP contribution in [0, 0.1) is 20.8 Å². The second-order valence-electron chi connectivity index (χ2n) is 6.37. The van der Waals surface area contributed by atoms with E-state index in [0.717, 1.165) is 34.8 Å². The number of aryl methyl sites for hydroxylation is 3. The van der Waals surface area contributed by atoms with Crippen LogP contribution in [0.5, 0.6) is 0 Å². The van der Waals surface area contributed by atoms with Gasteiger partial charge in [-0.15, -0.1) is 0 Å². The summed E-state index contributed by atoms with van der Waals surface area (Å²) in [6.45, 7) is 8.19. The zero-order chi connectivity index (χ0) is 17.8. The van der Waals surface area contributed by atoms with Crippen LogP contribution in [0.25, 0.3) is 11.3 Å². The Morgan fingerprint density at radius 2 is 1.80 bits per heavy atom.